The molecule has 3 aromatic heterocycles. The molecule has 4 nitrogen and oxygen atoms in total. The molecule has 6 rings (SSSR count). The van der Waals surface area contributed by atoms with Crippen LogP contribution in [0.25, 0.3) is 38.8 Å². The van der Waals surface area contributed by atoms with Crippen LogP contribution in [0.3, 0.4) is 0 Å². The molecule has 33 heavy (non-hydrogen) atoms. The van der Waals surface area contributed by atoms with E-state index in [9.17, 15) is 0 Å². The van der Waals surface area contributed by atoms with Crippen LogP contribution in [0.1, 0.15) is 0 Å². The smallest absolute Gasteiger partial charge is 0.137 e. The number of hydrogen-bond acceptors (Lipinski definition) is 3. The molecule has 0 bridgehead atoms. The predicted octanol–water partition coefficient (Wildman–Crippen LogP) is 7.80. The Morgan fingerprint density at radius 1 is 0.667 bits per heavy atom. The van der Waals surface area contributed by atoms with Gasteiger partial charge < -0.3 is 4.74 Å². The number of para-hydroxylation sites is 1. The van der Waals surface area contributed by atoms with E-state index in [1.165, 1.54) is 5.39 Å². The Morgan fingerprint density at radius 3 is 2.30 bits per heavy atom. The van der Waals surface area contributed by atoms with Crippen molar-refractivity contribution in [2.45, 2.75) is 0 Å². The Hall–Kier alpha value is -3.96. The van der Waals surface area contributed by atoms with Crippen molar-refractivity contribution in [2.75, 3.05) is 0 Å². The summed E-state index contributed by atoms with van der Waals surface area (Å²) in [6.45, 7) is 0. The van der Waals surface area contributed by atoms with Crippen molar-refractivity contribution in [1.29, 1.82) is 0 Å². The molecule has 0 saturated carbocycles. The van der Waals surface area contributed by atoms with Crippen LogP contribution in [0.15, 0.2) is 114 Å². The van der Waals surface area contributed by atoms with E-state index in [0.29, 0.717) is 0 Å². The monoisotopic (exact) mass is 491 g/mol. The van der Waals surface area contributed by atoms with Crippen LogP contribution in [-0.2, 0) is 0 Å². The van der Waals surface area contributed by atoms with E-state index in [1.54, 1.807) is 12.4 Å². The van der Waals surface area contributed by atoms with Gasteiger partial charge in [-0.15, -0.1) is 0 Å². The van der Waals surface area contributed by atoms with E-state index < -0.39 is 0 Å². The zero-order valence-electron chi connectivity index (χ0n) is 17.5. The molecule has 0 radical (unpaired) electrons. The zero-order valence-corrected chi connectivity index (χ0v) is 19.1. The van der Waals surface area contributed by atoms with Crippen molar-refractivity contribution in [3.63, 3.8) is 0 Å². The second-order valence-electron chi connectivity index (χ2n) is 7.73. The Labute approximate surface area is 199 Å². The number of benzene rings is 3. The van der Waals surface area contributed by atoms with E-state index in [-0.39, 0.29) is 0 Å². The Morgan fingerprint density at radius 2 is 1.48 bits per heavy atom. The quantitative estimate of drug-likeness (QED) is 0.252. The minimum absolute atomic E-state index is 0.776. The van der Waals surface area contributed by atoms with Gasteiger partial charge >= 0.3 is 0 Å². The minimum atomic E-state index is 0.776. The lowest BCUT2D eigenvalue weighted by molar-refractivity contribution is 0.483. The average molecular weight is 492 g/mol. The van der Waals surface area contributed by atoms with Gasteiger partial charge in [0.1, 0.15) is 17.3 Å². The first kappa shape index (κ1) is 19.7. The molecule has 0 aliphatic rings. The molecule has 0 fully saturated rings. The third kappa shape index (κ3) is 3.66. The topological polar surface area (TPSA) is 39.9 Å². The predicted molar refractivity (Wildman–Crippen MR) is 136 cm³/mol. The van der Waals surface area contributed by atoms with E-state index in [0.717, 1.165) is 49.3 Å². The fourth-order valence-electron chi connectivity index (χ4n) is 4.16. The Kier molecular flexibility index (Phi) is 4.89. The van der Waals surface area contributed by atoms with E-state index >= 15 is 0 Å². The van der Waals surface area contributed by atoms with Crippen LogP contribution in [0, 0.1) is 0 Å². The first-order valence-electron chi connectivity index (χ1n) is 10.6. The summed E-state index contributed by atoms with van der Waals surface area (Å²) in [4.78, 5) is 8.92. The van der Waals surface area contributed by atoms with Gasteiger partial charge in [0.25, 0.3) is 0 Å². The van der Waals surface area contributed by atoms with Gasteiger partial charge in [-0.2, -0.15) is 0 Å². The molecule has 0 amide bonds. The molecule has 5 heteroatoms. The number of nitrogens with zero attached hydrogens (tertiary/aromatic N) is 3. The highest BCUT2D eigenvalue weighted by Gasteiger charge is 2.14. The van der Waals surface area contributed by atoms with Gasteiger partial charge in [-0.05, 0) is 66.2 Å². The third-order valence-corrected chi connectivity index (χ3v) is 6.16. The molecule has 3 heterocycles. The number of fused-ring (bicyclic) bond motifs is 3. The fraction of sp³-hybridized carbons (Fsp3) is 0. The second kappa shape index (κ2) is 8.19. The minimum Gasteiger partial charge on any atom is -0.457 e. The molecule has 0 aliphatic heterocycles. The van der Waals surface area contributed by atoms with Gasteiger partial charge in [0.15, 0.2) is 0 Å². The SMILES string of the molecule is Brc1cccc(Oc2ccc3c4ccccc4n(-c4ccc(-c5ccncc5)cn4)c3c2)c1. The van der Waals surface area contributed by atoms with Gasteiger partial charge in [-0.1, -0.05) is 40.2 Å². The van der Waals surface area contributed by atoms with Crippen LogP contribution < -0.4 is 4.74 Å². The first-order valence-corrected chi connectivity index (χ1v) is 11.4. The molecular formula is C28H18BrN3O. The molecule has 3 aromatic carbocycles. The number of halogens is 1. The molecule has 0 aliphatic carbocycles. The highest BCUT2D eigenvalue weighted by molar-refractivity contribution is 9.10. The van der Waals surface area contributed by atoms with Gasteiger partial charge in [0.05, 0.1) is 11.0 Å². The molecule has 0 spiro atoms. The van der Waals surface area contributed by atoms with Gasteiger partial charge in [0, 0.05) is 45.5 Å². The van der Waals surface area contributed by atoms with Gasteiger partial charge in [0.2, 0.25) is 0 Å². The molecule has 0 unspecified atom stereocenters. The van der Waals surface area contributed by atoms with Crippen LogP contribution in [0.4, 0.5) is 0 Å². The maximum Gasteiger partial charge on any atom is 0.137 e. The summed E-state index contributed by atoms with van der Waals surface area (Å²) in [5, 5.41) is 2.34. The van der Waals surface area contributed by atoms with Crippen molar-refractivity contribution in [2.24, 2.45) is 0 Å². The summed E-state index contributed by atoms with van der Waals surface area (Å²) in [7, 11) is 0. The summed E-state index contributed by atoms with van der Waals surface area (Å²) in [6, 6.07) is 30.6. The van der Waals surface area contributed by atoms with E-state index in [1.807, 2.05) is 48.7 Å². The number of pyridine rings is 2. The van der Waals surface area contributed by atoms with Crippen molar-refractivity contribution in [1.82, 2.24) is 14.5 Å². The number of rotatable bonds is 4. The van der Waals surface area contributed by atoms with Crippen LogP contribution in [0.5, 0.6) is 11.5 Å². The number of hydrogen-bond donors (Lipinski definition) is 0. The van der Waals surface area contributed by atoms with Crippen molar-refractivity contribution < 1.29 is 4.74 Å². The largest absolute Gasteiger partial charge is 0.457 e. The van der Waals surface area contributed by atoms with Crippen molar-refractivity contribution in [3.8, 4) is 28.4 Å². The second-order valence-corrected chi connectivity index (χ2v) is 8.65. The zero-order chi connectivity index (χ0) is 22.2. The molecule has 0 saturated heterocycles. The third-order valence-electron chi connectivity index (χ3n) is 5.67. The van der Waals surface area contributed by atoms with Crippen LogP contribution in [0.2, 0.25) is 0 Å². The van der Waals surface area contributed by atoms with Crippen molar-refractivity contribution in [3.05, 3.63) is 114 Å². The summed E-state index contributed by atoms with van der Waals surface area (Å²) < 4.78 is 9.33. The molecule has 0 atom stereocenters. The van der Waals surface area contributed by atoms with Crippen LogP contribution >= 0.6 is 15.9 Å². The average Bonchev–Trinajstić information content (AvgIpc) is 3.18. The maximum atomic E-state index is 6.16. The van der Waals surface area contributed by atoms with E-state index in [4.69, 9.17) is 9.72 Å². The highest BCUT2D eigenvalue weighted by Crippen LogP contribution is 2.35. The van der Waals surface area contributed by atoms with Gasteiger partial charge in [-0.25, -0.2) is 4.98 Å². The lowest BCUT2D eigenvalue weighted by atomic mass is 10.1. The number of ether oxygens (including phenoxy) is 1. The summed E-state index contributed by atoms with van der Waals surface area (Å²) in [5.74, 6) is 2.42. The summed E-state index contributed by atoms with van der Waals surface area (Å²) in [5.41, 5.74) is 4.31. The van der Waals surface area contributed by atoms with Crippen molar-refractivity contribution >= 4 is 37.7 Å². The van der Waals surface area contributed by atoms with Gasteiger partial charge in [-0.3, -0.25) is 9.55 Å². The summed E-state index contributed by atoms with van der Waals surface area (Å²) in [6.07, 6.45) is 5.50. The lowest BCUT2D eigenvalue weighted by Crippen LogP contribution is -1.97. The lowest BCUT2D eigenvalue weighted by Gasteiger charge is -2.10. The standard InChI is InChI=1S/C28H18BrN3O/c29-21-4-3-5-22(16-21)33-23-9-10-25-24-6-1-2-7-26(24)32(27(25)17-23)28-11-8-20(18-31-28)19-12-14-30-15-13-19/h1-18H. The van der Waals surface area contributed by atoms with Crippen LogP contribution in [-0.4, -0.2) is 14.5 Å². The fourth-order valence-corrected chi connectivity index (χ4v) is 4.54. The number of aromatic nitrogens is 3. The normalized spacial score (nSPS) is 11.2. The Bertz CT molecular complexity index is 1590. The molecule has 0 N–H and O–H groups in total. The van der Waals surface area contributed by atoms with E-state index in [2.05, 4.69) is 74.0 Å². The Balaban J connectivity index is 1.49. The highest BCUT2D eigenvalue weighted by atomic mass is 79.9. The first-order chi connectivity index (χ1) is 16.3. The molecular weight excluding hydrogens is 474 g/mol. The molecule has 158 valence electrons. The molecule has 6 aromatic rings. The summed E-state index contributed by atoms with van der Waals surface area (Å²) >= 11 is 3.51. The maximum absolute atomic E-state index is 6.16.